The molecule has 0 radical (unpaired) electrons. The fourth-order valence-electron chi connectivity index (χ4n) is 2.61. The minimum absolute atomic E-state index is 0.153. The van der Waals surface area contributed by atoms with Crippen molar-refractivity contribution < 1.29 is 9.21 Å². The maximum absolute atomic E-state index is 12.0. The first-order valence-corrected chi connectivity index (χ1v) is 7.22. The molecule has 1 aromatic heterocycles. The summed E-state index contributed by atoms with van der Waals surface area (Å²) in [4.78, 5) is 14.5. The summed E-state index contributed by atoms with van der Waals surface area (Å²) in [6, 6.07) is 1.98. The van der Waals surface area contributed by atoms with Crippen LogP contribution < -0.4 is 5.32 Å². The van der Waals surface area contributed by atoms with E-state index >= 15 is 0 Å². The normalized spacial score (nSPS) is 17.9. The number of carbonyl (C=O) groups is 1. The van der Waals surface area contributed by atoms with E-state index < -0.39 is 0 Å². The molecule has 1 amide bonds. The molecule has 4 nitrogen and oxygen atoms in total. The molecule has 2 rings (SSSR count). The van der Waals surface area contributed by atoms with Gasteiger partial charge in [-0.15, -0.1) is 0 Å². The van der Waals surface area contributed by atoms with Crippen LogP contribution in [0.1, 0.15) is 37.0 Å². The molecular weight excluding hydrogens is 264 g/mol. The quantitative estimate of drug-likeness (QED) is 0.904. The molecule has 1 aromatic rings. The monoisotopic (exact) mass is 284 g/mol. The molecule has 0 aliphatic carbocycles. The Bertz CT molecular complexity index is 425. The second-order valence-corrected chi connectivity index (χ2v) is 5.72. The highest BCUT2D eigenvalue weighted by molar-refractivity contribution is 6.32. The molecule has 1 aliphatic rings. The van der Waals surface area contributed by atoms with E-state index in [1.807, 2.05) is 0 Å². The van der Waals surface area contributed by atoms with E-state index in [0.29, 0.717) is 24.1 Å². The largest absolute Gasteiger partial charge is 0.452 e. The van der Waals surface area contributed by atoms with E-state index in [1.165, 1.54) is 19.1 Å². The molecule has 1 fully saturated rings. The molecule has 5 heteroatoms. The van der Waals surface area contributed by atoms with Crippen LogP contribution in [0.4, 0.5) is 0 Å². The Morgan fingerprint density at radius 1 is 1.47 bits per heavy atom. The lowest BCUT2D eigenvalue weighted by Gasteiger charge is -2.30. The highest BCUT2D eigenvalue weighted by Crippen LogP contribution is 2.19. The van der Waals surface area contributed by atoms with E-state index in [1.54, 1.807) is 6.07 Å². The minimum Gasteiger partial charge on any atom is -0.452 e. The molecule has 19 heavy (non-hydrogen) atoms. The number of rotatable bonds is 5. The second-order valence-electron chi connectivity index (χ2n) is 5.37. The molecule has 0 saturated carbocycles. The van der Waals surface area contributed by atoms with Crippen molar-refractivity contribution in [2.75, 3.05) is 19.6 Å². The number of halogens is 1. The van der Waals surface area contributed by atoms with Crippen molar-refractivity contribution in [2.24, 2.45) is 5.92 Å². The summed E-state index contributed by atoms with van der Waals surface area (Å²) in [5.41, 5.74) is 0.408. The van der Waals surface area contributed by atoms with Crippen molar-refractivity contribution in [1.82, 2.24) is 10.2 Å². The Morgan fingerprint density at radius 3 is 2.68 bits per heavy atom. The van der Waals surface area contributed by atoms with Gasteiger partial charge in [0.2, 0.25) is 5.22 Å². The lowest BCUT2D eigenvalue weighted by Crippen LogP contribution is -2.45. The molecule has 0 spiro atoms. The number of hydrogen-bond acceptors (Lipinski definition) is 3. The Morgan fingerprint density at radius 2 is 2.16 bits per heavy atom. The van der Waals surface area contributed by atoms with Crippen molar-refractivity contribution >= 4 is 17.5 Å². The molecule has 1 atom stereocenters. The second kappa shape index (κ2) is 6.44. The van der Waals surface area contributed by atoms with E-state index in [9.17, 15) is 4.79 Å². The molecule has 0 aromatic carbocycles. The molecular formula is C14H21ClN2O2. The van der Waals surface area contributed by atoms with Gasteiger partial charge >= 0.3 is 0 Å². The predicted molar refractivity (Wildman–Crippen MR) is 75.5 cm³/mol. The number of likely N-dealkylation sites (tertiary alicyclic amines) is 1. The molecule has 2 heterocycles. The lowest BCUT2D eigenvalue weighted by atomic mass is 10.0. The SMILES string of the molecule is CC(C)C(CNC(=O)c1ccoc1Cl)N1CCCC1. The third-order valence-electron chi connectivity index (χ3n) is 3.71. The van der Waals surface area contributed by atoms with E-state index in [-0.39, 0.29) is 11.1 Å². The molecule has 1 unspecified atom stereocenters. The number of nitrogens with zero attached hydrogens (tertiary/aromatic N) is 1. The lowest BCUT2D eigenvalue weighted by molar-refractivity contribution is 0.0927. The Balaban J connectivity index is 1.92. The van der Waals surface area contributed by atoms with Gasteiger partial charge in [-0.05, 0) is 49.5 Å². The van der Waals surface area contributed by atoms with Gasteiger partial charge in [-0.1, -0.05) is 13.8 Å². The summed E-state index contributed by atoms with van der Waals surface area (Å²) in [6.07, 6.45) is 3.94. The fourth-order valence-corrected chi connectivity index (χ4v) is 2.81. The van der Waals surface area contributed by atoms with Gasteiger partial charge < -0.3 is 9.73 Å². The van der Waals surface area contributed by atoms with Crippen LogP contribution in [0, 0.1) is 5.92 Å². The highest BCUT2D eigenvalue weighted by atomic mass is 35.5. The third-order valence-corrected chi connectivity index (χ3v) is 4.01. The highest BCUT2D eigenvalue weighted by Gasteiger charge is 2.25. The molecule has 1 saturated heterocycles. The van der Waals surface area contributed by atoms with E-state index in [4.69, 9.17) is 16.0 Å². The van der Waals surface area contributed by atoms with Crippen LogP contribution in [0.15, 0.2) is 16.7 Å². The number of hydrogen-bond donors (Lipinski definition) is 1. The summed E-state index contributed by atoms with van der Waals surface area (Å²) in [7, 11) is 0. The molecule has 1 N–H and O–H groups in total. The maximum Gasteiger partial charge on any atom is 0.256 e. The summed E-state index contributed by atoms with van der Waals surface area (Å²) in [5, 5.41) is 3.11. The first-order valence-electron chi connectivity index (χ1n) is 6.85. The molecule has 0 bridgehead atoms. The van der Waals surface area contributed by atoms with Crippen LogP contribution in [-0.2, 0) is 0 Å². The summed E-state index contributed by atoms with van der Waals surface area (Å²) in [5.74, 6) is 0.349. The first kappa shape index (κ1) is 14.4. The number of amides is 1. The standard InChI is InChI=1S/C14H21ClN2O2/c1-10(2)12(17-6-3-4-7-17)9-16-14(18)11-5-8-19-13(11)15/h5,8,10,12H,3-4,6-7,9H2,1-2H3,(H,16,18). The van der Waals surface area contributed by atoms with Crippen LogP contribution >= 0.6 is 11.6 Å². The third kappa shape index (κ3) is 3.51. The summed E-state index contributed by atoms with van der Waals surface area (Å²) in [6.45, 7) is 7.30. The van der Waals surface area contributed by atoms with Crippen molar-refractivity contribution in [3.05, 3.63) is 23.1 Å². The summed E-state index contributed by atoms with van der Waals surface area (Å²) >= 11 is 5.80. The average Bonchev–Trinajstić information content (AvgIpc) is 3.00. The van der Waals surface area contributed by atoms with Crippen LogP contribution in [0.5, 0.6) is 0 Å². The first-order chi connectivity index (χ1) is 9.09. The van der Waals surface area contributed by atoms with E-state index in [0.717, 1.165) is 13.1 Å². The fraction of sp³-hybridized carbons (Fsp3) is 0.643. The maximum atomic E-state index is 12.0. The molecule has 1 aliphatic heterocycles. The van der Waals surface area contributed by atoms with Gasteiger partial charge in [-0.2, -0.15) is 0 Å². The van der Waals surface area contributed by atoms with Crippen LogP contribution in [0.2, 0.25) is 5.22 Å². The van der Waals surface area contributed by atoms with Gasteiger partial charge in [0.1, 0.15) is 0 Å². The van der Waals surface area contributed by atoms with Gasteiger partial charge in [0.05, 0.1) is 11.8 Å². The van der Waals surface area contributed by atoms with Gasteiger partial charge in [0, 0.05) is 12.6 Å². The minimum atomic E-state index is -0.163. The zero-order chi connectivity index (χ0) is 13.8. The Kier molecular flexibility index (Phi) is 4.88. The van der Waals surface area contributed by atoms with Crippen LogP contribution in [0.3, 0.4) is 0 Å². The van der Waals surface area contributed by atoms with Gasteiger partial charge in [-0.25, -0.2) is 0 Å². The zero-order valence-corrected chi connectivity index (χ0v) is 12.2. The van der Waals surface area contributed by atoms with Gasteiger partial charge in [-0.3, -0.25) is 9.69 Å². The smallest absolute Gasteiger partial charge is 0.256 e. The number of furan rings is 1. The van der Waals surface area contributed by atoms with Crippen molar-refractivity contribution in [2.45, 2.75) is 32.7 Å². The van der Waals surface area contributed by atoms with Crippen LogP contribution in [0.25, 0.3) is 0 Å². The number of carbonyl (C=O) groups excluding carboxylic acids is 1. The zero-order valence-electron chi connectivity index (χ0n) is 11.5. The van der Waals surface area contributed by atoms with Crippen molar-refractivity contribution in [1.29, 1.82) is 0 Å². The molecule has 106 valence electrons. The van der Waals surface area contributed by atoms with Crippen molar-refractivity contribution in [3.63, 3.8) is 0 Å². The average molecular weight is 285 g/mol. The van der Waals surface area contributed by atoms with Gasteiger partial charge in [0.15, 0.2) is 0 Å². The predicted octanol–water partition coefficient (Wildman–Crippen LogP) is 2.78. The topological polar surface area (TPSA) is 45.5 Å². The van der Waals surface area contributed by atoms with E-state index in [2.05, 4.69) is 24.1 Å². The van der Waals surface area contributed by atoms with Crippen LogP contribution in [-0.4, -0.2) is 36.5 Å². The van der Waals surface area contributed by atoms with Crippen molar-refractivity contribution in [3.8, 4) is 0 Å². The van der Waals surface area contributed by atoms with Gasteiger partial charge in [0.25, 0.3) is 5.91 Å². The Labute approximate surface area is 119 Å². The number of nitrogens with one attached hydrogen (secondary N) is 1. The Hall–Kier alpha value is -1.00. The summed E-state index contributed by atoms with van der Waals surface area (Å²) < 4.78 is 4.93.